The van der Waals surface area contributed by atoms with Crippen molar-refractivity contribution in [2.45, 2.75) is 13.8 Å². The molecular weight excluding hydrogens is 474 g/mol. The van der Waals surface area contributed by atoms with E-state index in [0.29, 0.717) is 40.5 Å². The normalized spacial score (nSPS) is 11.0. The first kappa shape index (κ1) is 21.7. The summed E-state index contributed by atoms with van der Waals surface area (Å²) in [5.74, 6) is 0.830. The van der Waals surface area contributed by atoms with Gasteiger partial charge in [0, 0.05) is 33.8 Å². The first-order valence-corrected chi connectivity index (χ1v) is 10.6. The van der Waals surface area contributed by atoms with Crippen LogP contribution in [-0.2, 0) is 0 Å². The van der Waals surface area contributed by atoms with Gasteiger partial charge in [-0.1, -0.05) is 0 Å². The summed E-state index contributed by atoms with van der Waals surface area (Å²) in [4.78, 5) is 23.3. The average molecular weight is 492 g/mol. The number of benzene rings is 2. The highest BCUT2D eigenvalue weighted by Gasteiger charge is 2.13. The molecule has 0 aliphatic heterocycles. The summed E-state index contributed by atoms with van der Waals surface area (Å²) in [6.45, 7) is 4.75. The van der Waals surface area contributed by atoms with E-state index in [2.05, 4.69) is 26.5 Å². The molecule has 1 aromatic heterocycles. The number of fused-ring (bicyclic) bond motifs is 1. The summed E-state index contributed by atoms with van der Waals surface area (Å²) in [6.07, 6.45) is 1.49. The van der Waals surface area contributed by atoms with E-state index in [1.807, 2.05) is 13.8 Å². The van der Waals surface area contributed by atoms with E-state index >= 15 is 0 Å². The SMILES string of the molecule is CCOc1cc(OCC)c(C=NNC(=O)c2cc3cc([N+](=O)[O-])ccc3s2)cc1Br. The van der Waals surface area contributed by atoms with Crippen LogP contribution >= 0.6 is 27.3 Å². The fourth-order valence-electron chi connectivity index (χ4n) is 2.67. The number of carbonyl (C=O) groups excluding carboxylic acids is 1. The molecule has 1 amide bonds. The number of amides is 1. The molecule has 2 aromatic carbocycles. The summed E-state index contributed by atoms with van der Waals surface area (Å²) in [6, 6.07) is 9.65. The highest BCUT2D eigenvalue weighted by atomic mass is 79.9. The minimum absolute atomic E-state index is 0.0187. The number of nitrogens with zero attached hydrogens (tertiary/aromatic N) is 2. The zero-order chi connectivity index (χ0) is 21.7. The molecule has 30 heavy (non-hydrogen) atoms. The van der Waals surface area contributed by atoms with Crippen molar-refractivity contribution in [2.24, 2.45) is 5.10 Å². The maximum absolute atomic E-state index is 12.4. The number of nitro benzene ring substituents is 1. The van der Waals surface area contributed by atoms with Crippen molar-refractivity contribution in [1.29, 1.82) is 0 Å². The minimum atomic E-state index is -0.466. The topological polar surface area (TPSA) is 103 Å². The predicted molar refractivity (Wildman–Crippen MR) is 120 cm³/mol. The fraction of sp³-hybridized carbons (Fsp3) is 0.200. The number of carbonyl (C=O) groups is 1. The van der Waals surface area contributed by atoms with Crippen molar-refractivity contribution < 1.29 is 19.2 Å². The molecule has 0 bridgehead atoms. The third-order valence-corrected chi connectivity index (χ3v) is 5.70. The van der Waals surface area contributed by atoms with Gasteiger partial charge in [0.15, 0.2) is 0 Å². The highest BCUT2D eigenvalue weighted by Crippen LogP contribution is 2.33. The first-order valence-electron chi connectivity index (χ1n) is 9.03. The molecule has 0 spiro atoms. The van der Waals surface area contributed by atoms with Gasteiger partial charge in [-0.3, -0.25) is 14.9 Å². The molecule has 0 unspecified atom stereocenters. The molecule has 3 aromatic rings. The standard InChI is InChI=1S/C20H18BrN3O5S/c1-3-28-16-10-17(29-4-2)15(21)8-13(16)11-22-23-20(25)19-9-12-7-14(24(26)27)5-6-18(12)30-19/h5-11H,3-4H2,1-2H3,(H,23,25). The molecule has 0 fully saturated rings. The van der Waals surface area contributed by atoms with E-state index in [0.717, 1.165) is 9.17 Å². The van der Waals surface area contributed by atoms with E-state index in [1.165, 1.54) is 29.7 Å². The summed E-state index contributed by atoms with van der Waals surface area (Å²) >= 11 is 4.69. The summed E-state index contributed by atoms with van der Waals surface area (Å²) in [7, 11) is 0. The van der Waals surface area contributed by atoms with Crippen molar-refractivity contribution >= 4 is 55.2 Å². The zero-order valence-electron chi connectivity index (χ0n) is 16.2. The molecule has 0 saturated heterocycles. The number of hydrogen-bond donors (Lipinski definition) is 1. The highest BCUT2D eigenvalue weighted by molar-refractivity contribution is 9.10. The molecular formula is C20H18BrN3O5S. The maximum atomic E-state index is 12.4. The van der Waals surface area contributed by atoms with Crippen LogP contribution in [-0.4, -0.2) is 30.3 Å². The molecule has 0 aliphatic rings. The van der Waals surface area contributed by atoms with Gasteiger partial charge in [-0.05, 0) is 48.0 Å². The lowest BCUT2D eigenvalue weighted by Gasteiger charge is -2.12. The second kappa shape index (κ2) is 9.68. The molecule has 8 nitrogen and oxygen atoms in total. The smallest absolute Gasteiger partial charge is 0.281 e. The number of nitrogens with one attached hydrogen (secondary N) is 1. The van der Waals surface area contributed by atoms with Crippen molar-refractivity contribution in [1.82, 2.24) is 5.43 Å². The minimum Gasteiger partial charge on any atom is -0.493 e. The lowest BCUT2D eigenvalue weighted by atomic mass is 10.2. The molecule has 0 aliphatic carbocycles. The van der Waals surface area contributed by atoms with Crippen LogP contribution in [0.25, 0.3) is 10.1 Å². The van der Waals surface area contributed by atoms with Crippen LogP contribution in [0.2, 0.25) is 0 Å². The molecule has 0 saturated carbocycles. The molecule has 1 N–H and O–H groups in total. The van der Waals surface area contributed by atoms with Gasteiger partial charge in [0.2, 0.25) is 0 Å². The summed E-state index contributed by atoms with van der Waals surface area (Å²) in [5.41, 5.74) is 3.13. The van der Waals surface area contributed by atoms with Crippen LogP contribution in [0.3, 0.4) is 0 Å². The number of ether oxygens (including phenoxy) is 2. The average Bonchev–Trinajstić information content (AvgIpc) is 3.14. The Kier molecular flexibility index (Phi) is 7.01. The Morgan fingerprint density at radius 2 is 1.93 bits per heavy atom. The van der Waals surface area contributed by atoms with E-state index in [-0.39, 0.29) is 5.69 Å². The Labute approximate surface area is 184 Å². The van der Waals surface area contributed by atoms with Gasteiger partial charge in [-0.15, -0.1) is 11.3 Å². The molecule has 156 valence electrons. The lowest BCUT2D eigenvalue weighted by molar-refractivity contribution is -0.384. The number of rotatable bonds is 8. The van der Waals surface area contributed by atoms with E-state index in [1.54, 1.807) is 24.3 Å². The van der Waals surface area contributed by atoms with Gasteiger partial charge < -0.3 is 9.47 Å². The van der Waals surface area contributed by atoms with Gasteiger partial charge in [-0.2, -0.15) is 5.10 Å². The fourth-order valence-corrected chi connectivity index (χ4v) is 4.08. The van der Waals surface area contributed by atoms with Crippen LogP contribution in [0, 0.1) is 10.1 Å². The van der Waals surface area contributed by atoms with Crippen LogP contribution in [0.4, 0.5) is 5.69 Å². The maximum Gasteiger partial charge on any atom is 0.281 e. The Bertz CT molecular complexity index is 1130. The van der Waals surface area contributed by atoms with Gasteiger partial charge in [0.05, 0.1) is 33.7 Å². The van der Waals surface area contributed by atoms with Gasteiger partial charge in [0.1, 0.15) is 11.5 Å². The van der Waals surface area contributed by atoms with Crippen LogP contribution in [0.15, 0.2) is 46.0 Å². The lowest BCUT2D eigenvalue weighted by Crippen LogP contribution is -2.16. The van der Waals surface area contributed by atoms with Crippen molar-refractivity contribution in [3.05, 3.63) is 61.4 Å². The van der Waals surface area contributed by atoms with Crippen molar-refractivity contribution in [3.63, 3.8) is 0 Å². The Hall–Kier alpha value is -2.98. The largest absolute Gasteiger partial charge is 0.493 e. The number of halogens is 1. The van der Waals surface area contributed by atoms with E-state index in [4.69, 9.17) is 9.47 Å². The monoisotopic (exact) mass is 491 g/mol. The molecule has 0 atom stereocenters. The molecule has 0 radical (unpaired) electrons. The zero-order valence-corrected chi connectivity index (χ0v) is 18.6. The Balaban J connectivity index is 1.77. The van der Waals surface area contributed by atoms with Crippen LogP contribution in [0.1, 0.15) is 29.1 Å². The molecule has 3 rings (SSSR count). The van der Waals surface area contributed by atoms with Crippen LogP contribution < -0.4 is 14.9 Å². The Morgan fingerprint density at radius 3 is 2.63 bits per heavy atom. The third kappa shape index (κ3) is 4.95. The summed E-state index contributed by atoms with van der Waals surface area (Å²) < 4.78 is 12.7. The van der Waals surface area contributed by atoms with Crippen molar-refractivity contribution in [3.8, 4) is 11.5 Å². The third-order valence-electron chi connectivity index (χ3n) is 3.97. The van der Waals surface area contributed by atoms with Gasteiger partial charge in [0.25, 0.3) is 11.6 Å². The second-order valence-corrected chi connectivity index (χ2v) is 7.91. The van der Waals surface area contributed by atoms with E-state index < -0.39 is 10.8 Å². The number of non-ortho nitro benzene ring substituents is 1. The number of hydrazone groups is 1. The molecule has 1 heterocycles. The molecule has 10 heteroatoms. The van der Waals surface area contributed by atoms with Crippen LogP contribution in [0.5, 0.6) is 11.5 Å². The van der Waals surface area contributed by atoms with Gasteiger partial charge >= 0.3 is 0 Å². The first-order chi connectivity index (χ1) is 14.4. The number of thiophene rings is 1. The van der Waals surface area contributed by atoms with E-state index in [9.17, 15) is 14.9 Å². The number of nitro groups is 1. The van der Waals surface area contributed by atoms with Crippen molar-refractivity contribution in [2.75, 3.05) is 13.2 Å². The summed E-state index contributed by atoms with van der Waals surface area (Å²) in [5, 5.41) is 15.6. The quantitative estimate of drug-likeness (QED) is 0.267. The Morgan fingerprint density at radius 1 is 1.20 bits per heavy atom. The second-order valence-electron chi connectivity index (χ2n) is 5.98. The predicted octanol–water partition coefficient (Wildman–Crippen LogP) is 5.13. The number of hydrogen-bond acceptors (Lipinski definition) is 7. The van der Waals surface area contributed by atoms with Gasteiger partial charge in [-0.25, -0.2) is 5.43 Å².